The number of nitrogens with zero attached hydrogens (tertiary/aromatic N) is 2. The number of para-hydroxylation sites is 1. The maximum absolute atomic E-state index is 10.9. The number of benzene rings is 2. The van der Waals surface area contributed by atoms with E-state index in [1.807, 2.05) is 53.1 Å². The monoisotopic (exact) mass is 295 g/mol. The van der Waals surface area contributed by atoms with Gasteiger partial charge in [-0.25, -0.2) is 4.98 Å². The summed E-state index contributed by atoms with van der Waals surface area (Å²) in [6, 6.07) is 15.6. The summed E-state index contributed by atoms with van der Waals surface area (Å²) in [6.45, 7) is 0.386. The molecule has 5 heteroatoms. The second-order valence-corrected chi connectivity index (χ2v) is 5.20. The molecule has 0 amide bonds. The van der Waals surface area contributed by atoms with E-state index in [4.69, 9.17) is 10.8 Å². The average molecular weight is 295 g/mol. The third kappa shape index (κ3) is 2.79. The lowest BCUT2D eigenvalue weighted by Gasteiger charge is -2.08. The molecule has 0 fully saturated rings. The number of carbonyl (C=O) groups is 1. The number of nitrogens with two attached hydrogens (primary N) is 1. The summed E-state index contributed by atoms with van der Waals surface area (Å²) in [6.07, 6.45) is 0.705. The lowest BCUT2D eigenvalue weighted by molar-refractivity contribution is -0.137. The van der Waals surface area contributed by atoms with Crippen LogP contribution in [0.4, 0.5) is 5.69 Å². The minimum absolute atomic E-state index is 0.0576. The van der Waals surface area contributed by atoms with Gasteiger partial charge in [-0.05, 0) is 17.7 Å². The smallest absolute Gasteiger partial charge is 0.305 e. The molecule has 0 aliphatic heterocycles. The van der Waals surface area contributed by atoms with Crippen molar-refractivity contribution in [3.05, 3.63) is 59.9 Å². The zero-order chi connectivity index (χ0) is 15.5. The van der Waals surface area contributed by atoms with Crippen LogP contribution in [0, 0.1) is 0 Å². The Labute approximate surface area is 128 Å². The molecule has 0 spiro atoms. The maximum atomic E-state index is 10.9. The van der Waals surface area contributed by atoms with E-state index in [1.165, 1.54) is 0 Å². The minimum Gasteiger partial charge on any atom is -0.481 e. The van der Waals surface area contributed by atoms with E-state index >= 15 is 0 Å². The molecule has 0 aliphatic rings. The molecule has 112 valence electrons. The molecule has 2 aromatic carbocycles. The highest BCUT2D eigenvalue weighted by Gasteiger charge is 2.13. The van der Waals surface area contributed by atoms with Crippen LogP contribution in [0.5, 0.6) is 0 Å². The van der Waals surface area contributed by atoms with Crippen LogP contribution in [0.25, 0.3) is 11.0 Å². The molecule has 0 saturated heterocycles. The van der Waals surface area contributed by atoms with E-state index < -0.39 is 5.97 Å². The fourth-order valence-electron chi connectivity index (χ4n) is 2.59. The van der Waals surface area contributed by atoms with E-state index in [-0.39, 0.29) is 6.42 Å². The van der Waals surface area contributed by atoms with Crippen molar-refractivity contribution < 1.29 is 9.90 Å². The van der Waals surface area contributed by atoms with Gasteiger partial charge in [0.25, 0.3) is 0 Å². The Bertz CT molecular complexity index is 809. The number of anilines is 1. The van der Waals surface area contributed by atoms with Gasteiger partial charge in [-0.1, -0.05) is 36.4 Å². The fourth-order valence-corrected chi connectivity index (χ4v) is 2.59. The number of aromatic nitrogens is 2. The zero-order valence-electron chi connectivity index (χ0n) is 12.1. The van der Waals surface area contributed by atoms with E-state index in [9.17, 15) is 4.79 Å². The van der Waals surface area contributed by atoms with Gasteiger partial charge >= 0.3 is 5.97 Å². The number of carboxylic acid groups (broad SMARTS) is 1. The molecular formula is C17H17N3O2. The van der Waals surface area contributed by atoms with Crippen LogP contribution in [0.3, 0.4) is 0 Å². The quantitative estimate of drug-likeness (QED) is 0.709. The van der Waals surface area contributed by atoms with Crippen molar-refractivity contribution >= 4 is 22.7 Å². The van der Waals surface area contributed by atoms with E-state index in [1.54, 1.807) is 0 Å². The lowest BCUT2D eigenvalue weighted by atomic mass is 10.1. The Morgan fingerprint density at radius 1 is 1.14 bits per heavy atom. The largest absolute Gasteiger partial charge is 0.481 e. The van der Waals surface area contributed by atoms with Gasteiger partial charge in [0.2, 0.25) is 0 Å². The van der Waals surface area contributed by atoms with Crippen LogP contribution in [-0.4, -0.2) is 20.6 Å². The van der Waals surface area contributed by atoms with Crippen molar-refractivity contribution in [1.82, 2.24) is 9.55 Å². The fraction of sp³-hybridized carbons (Fsp3) is 0.176. The number of carboxylic acids is 1. The van der Waals surface area contributed by atoms with Gasteiger partial charge in [0, 0.05) is 13.0 Å². The van der Waals surface area contributed by atoms with Gasteiger partial charge < -0.3 is 15.4 Å². The summed E-state index contributed by atoms with van der Waals surface area (Å²) >= 11 is 0. The third-order valence-electron chi connectivity index (χ3n) is 3.64. The van der Waals surface area contributed by atoms with E-state index in [2.05, 4.69) is 4.98 Å². The van der Waals surface area contributed by atoms with Crippen molar-refractivity contribution in [2.45, 2.75) is 19.4 Å². The van der Waals surface area contributed by atoms with Gasteiger partial charge in [-0.2, -0.15) is 0 Å². The molecule has 0 radical (unpaired) electrons. The molecule has 0 bridgehead atoms. The molecular weight excluding hydrogens is 278 g/mol. The Balaban J connectivity index is 2.05. The highest BCUT2D eigenvalue weighted by atomic mass is 16.4. The molecule has 1 heterocycles. The van der Waals surface area contributed by atoms with Crippen molar-refractivity contribution in [3.63, 3.8) is 0 Å². The summed E-state index contributed by atoms with van der Waals surface area (Å²) < 4.78 is 1.95. The van der Waals surface area contributed by atoms with Crippen LogP contribution >= 0.6 is 0 Å². The summed E-state index contributed by atoms with van der Waals surface area (Å²) in [4.78, 5) is 15.5. The molecule has 3 rings (SSSR count). The summed E-state index contributed by atoms with van der Waals surface area (Å²) in [5.74, 6) is 0.0109. The van der Waals surface area contributed by atoms with Crippen LogP contribution in [0.15, 0.2) is 48.5 Å². The lowest BCUT2D eigenvalue weighted by Crippen LogP contribution is -2.08. The number of aliphatic carboxylic acids is 1. The maximum Gasteiger partial charge on any atom is 0.305 e. The summed E-state index contributed by atoms with van der Waals surface area (Å²) in [5.41, 5.74) is 9.36. The van der Waals surface area contributed by atoms with Crippen LogP contribution in [0.1, 0.15) is 17.8 Å². The van der Waals surface area contributed by atoms with Crippen LogP contribution in [-0.2, 0) is 17.8 Å². The number of fused-ring (bicyclic) bond motifs is 1. The predicted octanol–water partition coefficient (Wildman–Crippen LogP) is 2.68. The molecule has 22 heavy (non-hydrogen) atoms. The highest BCUT2D eigenvalue weighted by Crippen LogP contribution is 2.23. The minimum atomic E-state index is -0.823. The SMILES string of the molecule is Nc1cccc2c1nc(Cc1ccccc1)n2CCC(=O)O. The zero-order valence-corrected chi connectivity index (χ0v) is 12.1. The number of hydrogen-bond acceptors (Lipinski definition) is 3. The summed E-state index contributed by atoms with van der Waals surface area (Å²) in [7, 11) is 0. The first kappa shape index (κ1) is 14.1. The number of hydrogen-bond donors (Lipinski definition) is 2. The molecule has 0 aliphatic carbocycles. The Morgan fingerprint density at radius 2 is 1.91 bits per heavy atom. The highest BCUT2D eigenvalue weighted by molar-refractivity contribution is 5.87. The van der Waals surface area contributed by atoms with Crippen molar-refractivity contribution in [3.8, 4) is 0 Å². The topological polar surface area (TPSA) is 81.1 Å². The van der Waals surface area contributed by atoms with Crippen LogP contribution < -0.4 is 5.73 Å². The molecule has 0 unspecified atom stereocenters. The standard InChI is InChI=1S/C17H17N3O2/c18-13-7-4-8-14-17(13)19-15(20(14)10-9-16(21)22)11-12-5-2-1-3-6-12/h1-8H,9-11,18H2,(H,21,22). The first-order valence-corrected chi connectivity index (χ1v) is 7.14. The molecule has 0 saturated carbocycles. The second kappa shape index (κ2) is 5.89. The van der Waals surface area contributed by atoms with E-state index in [0.29, 0.717) is 18.7 Å². The van der Waals surface area contributed by atoms with Gasteiger partial charge in [-0.15, -0.1) is 0 Å². The summed E-state index contributed by atoms with van der Waals surface area (Å²) in [5, 5.41) is 8.96. The molecule has 5 nitrogen and oxygen atoms in total. The van der Waals surface area contributed by atoms with Gasteiger partial charge in [-0.3, -0.25) is 4.79 Å². The van der Waals surface area contributed by atoms with Crippen molar-refractivity contribution in [2.75, 3.05) is 5.73 Å². The first-order chi connectivity index (χ1) is 10.6. The number of imidazole rings is 1. The molecule has 1 aromatic heterocycles. The van der Waals surface area contributed by atoms with Crippen LogP contribution in [0.2, 0.25) is 0 Å². The molecule has 3 aromatic rings. The number of rotatable bonds is 5. The van der Waals surface area contributed by atoms with Crippen molar-refractivity contribution in [1.29, 1.82) is 0 Å². The van der Waals surface area contributed by atoms with Gasteiger partial charge in [0.05, 0.1) is 17.6 Å². The second-order valence-electron chi connectivity index (χ2n) is 5.20. The molecule has 0 atom stereocenters. The van der Waals surface area contributed by atoms with Gasteiger partial charge in [0.15, 0.2) is 0 Å². The third-order valence-corrected chi connectivity index (χ3v) is 3.64. The predicted molar refractivity (Wildman–Crippen MR) is 85.6 cm³/mol. The molecule has 3 N–H and O–H groups in total. The average Bonchev–Trinajstić information content (AvgIpc) is 2.85. The Kier molecular flexibility index (Phi) is 3.78. The van der Waals surface area contributed by atoms with Gasteiger partial charge in [0.1, 0.15) is 11.3 Å². The first-order valence-electron chi connectivity index (χ1n) is 7.14. The number of nitrogen functional groups attached to an aromatic ring is 1. The number of aryl methyl sites for hydroxylation is 1. The van der Waals surface area contributed by atoms with E-state index in [0.717, 1.165) is 22.4 Å². The Morgan fingerprint density at radius 3 is 2.64 bits per heavy atom. The Hall–Kier alpha value is -2.82. The normalized spacial score (nSPS) is 10.9. The van der Waals surface area contributed by atoms with Crippen molar-refractivity contribution in [2.24, 2.45) is 0 Å².